The Labute approximate surface area is 260 Å². The number of halogens is 1. The molecule has 0 fully saturated rings. The number of nitrogens with one attached hydrogen (secondary N) is 1. The highest BCUT2D eigenvalue weighted by Gasteiger charge is 2.17. The first-order chi connectivity index (χ1) is 20.4. The van der Waals surface area contributed by atoms with Gasteiger partial charge in [0.1, 0.15) is 17.7 Å². The van der Waals surface area contributed by atoms with Crippen molar-refractivity contribution in [3.63, 3.8) is 0 Å². The van der Waals surface area contributed by atoms with Crippen LogP contribution in [0.4, 0.5) is 0 Å². The molecule has 1 unspecified atom stereocenters. The summed E-state index contributed by atoms with van der Waals surface area (Å²) in [5.74, 6) is 1.13. The van der Waals surface area contributed by atoms with E-state index in [0.29, 0.717) is 36.0 Å². The molecule has 3 aromatic carbocycles. The third kappa shape index (κ3) is 7.21. The third-order valence-corrected chi connectivity index (χ3v) is 7.02. The van der Waals surface area contributed by atoms with Crippen molar-refractivity contribution in [2.24, 2.45) is 0 Å². The number of nitrogens with zero attached hydrogens (tertiary/aromatic N) is 3. The minimum atomic E-state index is -0.601. The number of methoxy groups -OCH3 is 1. The van der Waals surface area contributed by atoms with Gasteiger partial charge < -0.3 is 9.47 Å². The van der Waals surface area contributed by atoms with Crippen LogP contribution in [0.5, 0.6) is 5.75 Å². The van der Waals surface area contributed by atoms with Crippen LogP contribution in [0.1, 0.15) is 42.9 Å². The van der Waals surface area contributed by atoms with Crippen LogP contribution in [0.2, 0.25) is 0 Å². The van der Waals surface area contributed by atoms with Gasteiger partial charge in [0.25, 0.3) is 5.56 Å². The number of hydrogen-bond acceptors (Lipinski definition) is 7. The summed E-state index contributed by atoms with van der Waals surface area (Å²) in [6.45, 7) is 6.38. The quantitative estimate of drug-likeness (QED) is 0.185. The second-order valence-electron chi connectivity index (χ2n) is 10.2. The van der Waals surface area contributed by atoms with Gasteiger partial charge in [-0.1, -0.05) is 67.0 Å². The molecule has 0 radical (unpaired) electrons. The van der Waals surface area contributed by atoms with Gasteiger partial charge in [0, 0.05) is 24.7 Å². The zero-order chi connectivity index (χ0) is 29.6. The summed E-state index contributed by atoms with van der Waals surface area (Å²) in [7, 11) is 1.64. The highest BCUT2D eigenvalue weighted by molar-refractivity contribution is 8.93. The summed E-state index contributed by atoms with van der Waals surface area (Å²) in [6.07, 6.45) is 1.97. The lowest BCUT2D eigenvalue weighted by molar-refractivity contribution is 0.0921. The Morgan fingerprint density at radius 3 is 2.30 bits per heavy atom. The van der Waals surface area contributed by atoms with Crippen molar-refractivity contribution in [2.75, 3.05) is 13.7 Å². The highest BCUT2D eigenvalue weighted by Crippen LogP contribution is 2.30. The number of ether oxygens (including phenoxy) is 2. The molecule has 1 N–H and O–H groups in total. The second-order valence-corrected chi connectivity index (χ2v) is 10.2. The van der Waals surface area contributed by atoms with E-state index in [1.54, 1.807) is 11.7 Å². The van der Waals surface area contributed by atoms with Crippen LogP contribution >= 0.6 is 17.0 Å². The number of benzene rings is 3. The van der Waals surface area contributed by atoms with E-state index in [9.17, 15) is 9.59 Å². The van der Waals surface area contributed by atoms with Crippen molar-refractivity contribution in [1.82, 2.24) is 19.7 Å². The molecular weight excluding hydrogens is 612 g/mol. The summed E-state index contributed by atoms with van der Waals surface area (Å²) in [5, 5.41) is 3.85. The maximum Gasteiger partial charge on any atom is 0.439 e. The zero-order valence-corrected chi connectivity index (χ0v) is 26.3. The average molecular weight is 648 g/mol. The van der Waals surface area contributed by atoms with Gasteiger partial charge in [-0.25, -0.2) is 9.78 Å². The van der Waals surface area contributed by atoms with Crippen molar-refractivity contribution in [3.8, 4) is 34.0 Å². The van der Waals surface area contributed by atoms with E-state index >= 15 is 0 Å². The number of aryl methyl sites for hydroxylation is 2. The lowest BCUT2D eigenvalue weighted by Crippen LogP contribution is -2.28. The van der Waals surface area contributed by atoms with Crippen molar-refractivity contribution in [2.45, 2.75) is 46.1 Å². The van der Waals surface area contributed by atoms with Crippen LogP contribution in [0.25, 0.3) is 28.2 Å². The molecule has 0 aliphatic heterocycles. The van der Waals surface area contributed by atoms with Crippen molar-refractivity contribution in [3.05, 3.63) is 116 Å². The lowest BCUT2D eigenvalue weighted by Gasteiger charge is -2.17. The molecule has 5 aromatic rings. The molecular formula is C33H35BrN4O5. The molecule has 10 heteroatoms. The normalized spacial score (nSPS) is 11.6. The number of rotatable bonds is 11. The van der Waals surface area contributed by atoms with Gasteiger partial charge in [0.2, 0.25) is 0 Å². The monoisotopic (exact) mass is 646 g/mol. The molecule has 2 aromatic heterocycles. The first kappa shape index (κ1) is 31.7. The zero-order valence-electron chi connectivity index (χ0n) is 24.6. The molecule has 5 rings (SSSR count). The van der Waals surface area contributed by atoms with Gasteiger partial charge in [0.05, 0.1) is 18.0 Å². The van der Waals surface area contributed by atoms with E-state index < -0.39 is 5.76 Å². The molecule has 0 spiro atoms. The van der Waals surface area contributed by atoms with Crippen LogP contribution in [-0.4, -0.2) is 39.5 Å². The Morgan fingerprint density at radius 2 is 1.67 bits per heavy atom. The standard InChI is InChI=1S/C33H34N4O5.BrH/c1-5-8-30-29(32(38)37(22(3)34-30)25-15-17-26(18-16-25)41-21(2)20-40-4)19-23-11-13-24(14-12-23)27-9-6-7-10-28(27)31-35-33(39)42-36-31;/h6-7,9-18,21H,5,8,19-20H2,1-4H3,(H,35,36,39);1H. The first-order valence-electron chi connectivity index (χ1n) is 14.0. The largest absolute Gasteiger partial charge is 0.488 e. The van der Waals surface area contributed by atoms with Gasteiger partial charge in [-0.15, -0.1) is 17.0 Å². The van der Waals surface area contributed by atoms with E-state index in [-0.39, 0.29) is 28.6 Å². The number of hydrogen-bond donors (Lipinski definition) is 1. The van der Waals surface area contributed by atoms with Gasteiger partial charge in [-0.05, 0) is 61.2 Å². The Kier molecular flexibility index (Phi) is 10.5. The lowest BCUT2D eigenvalue weighted by atomic mass is 9.96. The predicted octanol–water partition coefficient (Wildman–Crippen LogP) is 6.09. The van der Waals surface area contributed by atoms with Gasteiger partial charge >= 0.3 is 5.76 Å². The van der Waals surface area contributed by atoms with Gasteiger partial charge in [0.15, 0.2) is 5.82 Å². The van der Waals surface area contributed by atoms with Crippen molar-refractivity contribution >= 4 is 17.0 Å². The highest BCUT2D eigenvalue weighted by atomic mass is 79.9. The molecule has 9 nitrogen and oxygen atoms in total. The molecule has 0 amide bonds. The topological polar surface area (TPSA) is 112 Å². The molecule has 1 atom stereocenters. The van der Waals surface area contributed by atoms with Crippen LogP contribution in [0, 0.1) is 6.92 Å². The Balaban J connectivity index is 0.00000423. The Bertz CT molecular complexity index is 1780. The van der Waals surface area contributed by atoms with Crippen LogP contribution in [-0.2, 0) is 17.6 Å². The van der Waals surface area contributed by atoms with Crippen LogP contribution < -0.4 is 16.1 Å². The maximum atomic E-state index is 14.0. The first-order valence-corrected chi connectivity index (χ1v) is 14.0. The number of aromatic amines is 1. The van der Waals surface area contributed by atoms with E-state index in [2.05, 4.69) is 17.1 Å². The summed E-state index contributed by atoms with van der Waals surface area (Å²) >= 11 is 0. The molecule has 0 saturated carbocycles. The minimum absolute atomic E-state index is 0. The molecule has 2 heterocycles. The van der Waals surface area contributed by atoms with Crippen molar-refractivity contribution < 1.29 is 14.0 Å². The second kappa shape index (κ2) is 14.3. The number of aromatic nitrogens is 4. The minimum Gasteiger partial charge on any atom is -0.488 e. The molecule has 0 saturated heterocycles. The van der Waals surface area contributed by atoms with E-state index in [1.165, 1.54) is 0 Å². The predicted molar refractivity (Wildman–Crippen MR) is 172 cm³/mol. The Hall–Kier alpha value is -4.28. The van der Waals surface area contributed by atoms with E-state index in [1.807, 2.05) is 86.6 Å². The van der Waals surface area contributed by atoms with Crippen molar-refractivity contribution in [1.29, 1.82) is 0 Å². The van der Waals surface area contributed by atoms with Crippen LogP contribution in [0.3, 0.4) is 0 Å². The summed E-state index contributed by atoms with van der Waals surface area (Å²) in [4.78, 5) is 33.0. The SMILES string of the molecule is Br.CCCc1nc(C)n(-c2ccc(OC(C)COC)cc2)c(=O)c1Cc1ccc(-c2ccccc2-c2noc(=O)[nH]2)cc1. The summed E-state index contributed by atoms with van der Waals surface area (Å²) < 4.78 is 17.4. The molecule has 0 bridgehead atoms. The average Bonchev–Trinajstić information content (AvgIpc) is 3.42. The fourth-order valence-electron chi connectivity index (χ4n) is 5.11. The molecule has 0 aliphatic carbocycles. The number of H-pyrrole nitrogens is 1. The van der Waals surface area contributed by atoms with E-state index in [0.717, 1.165) is 46.5 Å². The molecule has 0 aliphatic rings. The fourth-order valence-corrected chi connectivity index (χ4v) is 5.11. The summed E-state index contributed by atoms with van der Waals surface area (Å²) in [6, 6.07) is 23.2. The molecule has 43 heavy (non-hydrogen) atoms. The maximum absolute atomic E-state index is 14.0. The summed E-state index contributed by atoms with van der Waals surface area (Å²) in [5.41, 5.74) is 5.79. The van der Waals surface area contributed by atoms with Crippen LogP contribution in [0.15, 0.2) is 86.9 Å². The molecule has 224 valence electrons. The third-order valence-electron chi connectivity index (χ3n) is 7.02. The van der Waals surface area contributed by atoms with Gasteiger partial charge in [-0.2, -0.15) is 0 Å². The smallest absolute Gasteiger partial charge is 0.439 e. The van der Waals surface area contributed by atoms with E-state index in [4.69, 9.17) is 19.0 Å². The Morgan fingerprint density at radius 1 is 0.977 bits per heavy atom. The van der Waals surface area contributed by atoms with Gasteiger partial charge in [-0.3, -0.25) is 18.9 Å². The fraction of sp³-hybridized carbons (Fsp3) is 0.273.